The van der Waals surface area contributed by atoms with Gasteiger partial charge in [-0.25, -0.2) is 0 Å². The summed E-state index contributed by atoms with van der Waals surface area (Å²) in [5, 5.41) is 0. The van der Waals surface area contributed by atoms with Crippen LogP contribution in [0.4, 0.5) is 0 Å². The molecule has 106 valence electrons. The molecule has 1 atom stereocenters. The minimum atomic E-state index is 0.155. The Morgan fingerprint density at radius 2 is 1.70 bits per heavy atom. The largest absolute Gasteiger partial charge is 0.457 e. The van der Waals surface area contributed by atoms with Crippen LogP contribution in [0.1, 0.15) is 29.2 Å². The summed E-state index contributed by atoms with van der Waals surface area (Å²) in [6, 6.07) is 12.5. The Balaban J connectivity index is 2.38. The lowest BCUT2D eigenvalue weighted by atomic mass is 9.99. The summed E-state index contributed by atoms with van der Waals surface area (Å²) >= 11 is 0. The van der Waals surface area contributed by atoms with E-state index < -0.39 is 0 Å². The number of rotatable bonds is 4. The van der Waals surface area contributed by atoms with Crippen LogP contribution in [0.3, 0.4) is 0 Å². The summed E-state index contributed by atoms with van der Waals surface area (Å²) in [7, 11) is 0. The van der Waals surface area contributed by atoms with Crippen molar-refractivity contribution in [3.63, 3.8) is 0 Å². The Morgan fingerprint density at radius 3 is 2.35 bits per heavy atom. The van der Waals surface area contributed by atoms with E-state index in [0.717, 1.165) is 29.0 Å². The van der Waals surface area contributed by atoms with E-state index in [1.54, 1.807) is 0 Å². The number of hydrogen-bond acceptors (Lipinski definition) is 2. The zero-order valence-electron chi connectivity index (χ0n) is 12.7. The number of ether oxygens (including phenoxy) is 1. The maximum Gasteiger partial charge on any atom is 0.133 e. The molecule has 2 aromatic rings. The standard InChI is InChI=1S/C18H23NO/c1-12-7-5-6-8-17(12)20-18-13(2)9-10-16(15(18)4)11-14(3)19/h5-10,14H,11,19H2,1-4H3. The molecule has 2 N–H and O–H groups in total. The number of para-hydroxylation sites is 1. The van der Waals surface area contributed by atoms with Crippen molar-refractivity contribution in [2.24, 2.45) is 5.73 Å². The lowest BCUT2D eigenvalue weighted by molar-refractivity contribution is 0.470. The van der Waals surface area contributed by atoms with Gasteiger partial charge in [-0.05, 0) is 62.4 Å². The van der Waals surface area contributed by atoms with Crippen molar-refractivity contribution in [1.29, 1.82) is 0 Å². The molecule has 0 aliphatic heterocycles. The molecule has 0 amide bonds. The molecule has 0 aliphatic rings. The van der Waals surface area contributed by atoms with Crippen molar-refractivity contribution in [2.75, 3.05) is 0 Å². The van der Waals surface area contributed by atoms with Crippen molar-refractivity contribution < 1.29 is 4.74 Å². The molecule has 2 nitrogen and oxygen atoms in total. The van der Waals surface area contributed by atoms with Gasteiger partial charge in [0.15, 0.2) is 0 Å². The molecule has 0 aliphatic carbocycles. The van der Waals surface area contributed by atoms with Gasteiger partial charge < -0.3 is 10.5 Å². The van der Waals surface area contributed by atoms with Crippen LogP contribution in [0.2, 0.25) is 0 Å². The lowest BCUT2D eigenvalue weighted by Crippen LogP contribution is -2.18. The molecule has 2 aromatic carbocycles. The second kappa shape index (κ2) is 6.10. The van der Waals surface area contributed by atoms with E-state index in [4.69, 9.17) is 10.5 Å². The minimum absolute atomic E-state index is 0.155. The molecular formula is C18H23NO. The fourth-order valence-corrected chi connectivity index (χ4v) is 2.37. The lowest BCUT2D eigenvalue weighted by Gasteiger charge is -2.17. The maximum absolute atomic E-state index is 6.15. The molecule has 2 rings (SSSR count). The third kappa shape index (κ3) is 3.20. The quantitative estimate of drug-likeness (QED) is 0.898. The van der Waals surface area contributed by atoms with Crippen molar-refractivity contribution in [3.8, 4) is 11.5 Å². The molecule has 0 fully saturated rings. The topological polar surface area (TPSA) is 35.2 Å². The van der Waals surface area contributed by atoms with Crippen LogP contribution in [0, 0.1) is 20.8 Å². The average Bonchev–Trinajstić information content (AvgIpc) is 2.39. The van der Waals surface area contributed by atoms with E-state index in [1.165, 1.54) is 11.1 Å². The van der Waals surface area contributed by atoms with Gasteiger partial charge in [-0.3, -0.25) is 0 Å². The van der Waals surface area contributed by atoms with Crippen molar-refractivity contribution in [3.05, 3.63) is 58.7 Å². The predicted octanol–water partition coefficient (Wildman–Crippen LogP) is 4.29. The molecule has 1 unspecified atom stereocenters. The normalized spacial score (nSPS) is 12.2. The Morgan fingerprint density at radius 1 is 1.00 bits per heavy atom. The zero-order valence-corrected chi connectivity index (χ0v) is 12.7. The zero-order chi connectivity index (χ0) is 14.7. The van der Waals surface area contributed by atoms with Crippen LogP contribution in [0.5, 0.6) is 11.5 Å². The summed E-state index contributed by atoms with van der Waals surface area (Å²) in [5.41, 5.74) is 10.7. The number of nitrogens with two attached hydrogens (primary N) is 1. The van der Waals surface area contributed by atoms with Gasteiger partial charge in [-0.15, -0.1) is 0 Å². The summed E-state index contributed by atoms with van der Waals surface area (Å²) < 4.78 is 6.15. The van der Waals surface area contributed by atoms with E-state index in [2.05, 4.69) is 39.0 Å². The molecule has 0 bridgehead atoms. The molecular weight excluding hydrogens is 246 g/mol. The van der Waals surface area contributed by atoms with Gasteiger partial charge in [0.1, 0.15) is 11.5 Å². The number of benzene rings is 2. The highest BCUT2D eigenvalue weighted by molar-refractivity contribution is 5.48. The first kappa shape index (κ1) is 14.6. The molecule has 0 radical (unpaired) electrons. The Labute approximate surface area is 121 Å². The van der Waals surface area contributed by atoms with Gasteiger partial charge in [0.05, 0.1) is 0 Å². The third-order valence-corrected chi connectivity index (χ3v) is 3.56. The van der Waals surface area contributed by atoms with Crippen molar-refractivity contribution in [2.45, 2.75) is 40.2 Å². The average molecular weight is 269 g/mol. The number of hydrogen-bond donors (Lipinski definition) is 1. The molecule has 0 aromatic heterocycles. The Kier molecular flexibility index (Phi) is 4.46. The smallest absolute Gasteiger partial charge is 0.133 e. The highest BCUT2D eigenvalue weighted by Crippen LogP contribution is 2.32. The maximum atomic E-state index is 6.15. The predicted molar refractivity (Wildman–Crippen MR) is 84.5 cm³/mol. The second-order valence-electron chi connectivity index (χ2n) is 5.54. The monoisotopic (exact) mass is 269 g/mol. The van der Waals surface area contributed by atoms with E-state index in [-0.39, 0.29) is 6.04 Å². The molecule has 2 heteroatoms. The highest BCUT2D eigenvalue weighted by Gasteiger charge is 2.11. The van der Waals surface area contributed by atoms with Gasteiger partial charge in [-0.2, -0.15) is 0 Å². The molecule has 0 heterocycles. The van der Waals surface area contributed by atoms with Crippen LogP contribution >= 0.6 is 0 Å². The van der Waals surface area contributed by atoms with Gasteiger partial charge in [0, 0.05) is 6.04 Å². The van der Waals surface area contributed by atoms with Crippen molar-refractivity contribution >= 4 is 0 Å². The SMILES string of the molecule is Cc1ccccc1Oc1c(C)ccc(CC(C)N)c1C. The summed E-state index contributed by atoms with van der Waals surface area (Å²) in [6.07, 6.45) is 0.871. The first-order valence-corrected chi connectivity index (χ1v) is 7.07. The van der Waals surface area contributed by atoms with Crippen LogP contribution in [0.25, 0.3) is 0 Å². The highest BCUT2D eigenvalue weighted by atomic mass is 16.5. The first-order chi connectivity index (χ1) is 9.49. The summed E-state index contributed by atoms with van der Waals surface area (Å²) in [5.74, 6) is 1.87. The van der Waals surface area contributed by atoms with Gasteiger partial charge >= 0.3 is 0 Å². The molecule has 20 heavy (non-hydrogen) atoms. The van der Waals surface area contributed by atoms with E-state index in [0.29, 0.717) is 0 Å². The fourth-order valence-electron chi connectivity index (χ4n) is 2.37. The van der Waals surface area contributed by atoms with Crippen LogP contribution < -0.4 is 10.5 Å². The van der Waals surface area contributed by atoms with Crippen LogP contribution in [0.15, 0.2) is 36.4 Å². The second-order valence-corrected chi connectivity index (χ2v) is 5.54. The van der Waals surface area contributed by atoms with Crippen LogP contribution in [-0.4, -0.2) is 6.04 Å². The fraction of sp³-hybridized carbons (Fsp3) is 0.333. The summed E-state index contributed by atoms with van der Waals surface area (Å²) in [6.45, 7) is 8.28. The summed E-state index contributed by atoms with van der Waals surface area (Å²) in [4.78, 5) is 0. The van der Waals surface area contributed by atoms with E-state index in [1.807, 2.05) is 25.1 Å². The van der Waals surface area contributed by atoms with E-state index >= 15 is 0 Å². The minimum Gasteiger partial charge on any atom is -0.457 e. The first-order valence-electron chi connectivity index (χ1n) is 7.07. The van der Waals surface area contributed by atoms with Gasteiger partial charge in [0.2, 0.25) is 0 Å². The van der Waals surface area contributed by atoms with E-state index in [9.17, 15) is 0 Å². The van der Waals surface area contributed by atoms with Crippen LogP contribution in [-0.2, 0) is 6.42 Å². The molecule has 0 spiro atoms. The Hall–Kier alpha value is -1.80. The number of aryl methyl sites for hydroxylation is 2. The molecule has 0 saturated carbocycles. The Bertz CT molecular complexity index is 602. The van der Waals surface area contributed by atoms with Crippen molar-refractivity contribution in [1.82, 2.24) is 0 Å². The third-order valence-electron chi connectivity index (χ3n) is 3.56. The van der Waals surface area contributed by atoms with Gasteiger partial charge in [-0.1, -0.05) is 30.3 Å². The van der Waals surface area contributed by atoms with Gasteiger partial charge in [0.25, 0.3) is 0 Å². The molecule has 0 saturated heterocycles.